The maximum atomic E-state index is 12.2. The zero-order valence-electron chi connectivity index (χ0n) is 13.3. The van der Waals surface area contributed by atoms with Crippen LogP contribution in [0.3, 0.4) is 0 Å². The van der Waals surface area contributed by atoms with Crippen molar-refractivity contribution in [2.75, 3.05) is 0 Å². The fourth-order valence-electron chi connectivity index (χ4n) is 2.66. The van der Waals surface area contributed by atoms with Gasteiger partial charge in [-0.05, 0) is 33.6 Å². The van der Waals surface area contributed by atoms with Crippen LogP contribution in [0, 0.1) is 19.3 Å². The van der Waals surface area contributed by atoms with Crippen molar-refractivity contribution in [3.8, 4) is 0 Å². The van der Waals surface area contributed by atoms with Gasteiger partial charge in [0, 0.05) is 12.0 Å². The number of aromatic nitrogens is 1. The van der Waals surface area contributed by atoms with Crippen molar-refractivity contribution in [1.29, 1.82) is 0 Å². The molecule has 1 rings (SSSR count). The third kappa shape index (κ3) is 3.62. The smallest absolute Gasteiger partial charge is 0.310 e. The van der Waals surface area contributed by atoms with Gasteiger partial charge in [-0.15, -0.1) is 0 Å². The number of hydrogen-bond acceptors (Lipinski definition) is 4. The maximum Gasteiger partial charge on any atom is 0.310 e. The van der Waals surface area contributed by atoms with E-state index in [1.165, 1.54) is 0 Å². The predicted octanol–water partition coefficient (Wildman–Crippen LogP) is 2.75. The minimum absolute atomic E-state index is 0.0248. The van der Waals surface area contributed by atoms with E-state index in [1.54, 1.807) is 20.8 Å². The van der Waals surface area contributed by atoms with Gasteiger partial charge >= 0.3 is 5.97 Å². The summed E-state index contributed by atoms with van der Waals surface area (Å²) in [5.41, 5.74) is 0.579. The Kier molecular flexibility index (Phi) is 5.52. The Morgan fingerprint density at radius 2 is 1.90 bits per heavy atom. The molecule has 6 heteroatoms. The molecule has 0 saturated heterocycles. The molecule has 2 N–H and O–H groups in total. The summed E-state index contributed by atoms with van der Waals surface area (Å²) in [6.07, 6.45) is 0.820. The van der Waals surface area contributed by atoms with Gasteiger partial charge in [0.15, 0.2) is 0 Å². The highest BCUT2D eigenvalue weighted by atomic mass is 16.5. The first-order valence-corrected chi connectivity index (χ1v) is 7.23. The van der Waals surface area contributed by atoms with Crippen molar-refractivity contribution in [1.82, 2.24) is 10.5 Å². The SMILES string of the molecule is CCC(CC)(CC(=O)NC(C)c1c(C)noc1C)C(=O)O. The normalized spacial score (nSPS) is 13.0. The summed E-state index contributed by atoms with van der Waals surface area (Å²) in [4.78, 5) is 23.6. The molecular formula is C15H24N2O4. The van der Waals surface area contributed by atoms with Crippen molar-refractivity contribution in [3.63, 3.8) is 0 Å². The van der Waals surface area contributed by atoms with Crippen molar-refractivity contribution >= 4 is 11.9 Å². The molecule has 21 heavy (non-hydrogen) atoms. The lowest BCUT2D eigenvalue weighted by Crippen LogP contribution is -2.37. The number of carboxylic acid groups (broad SMARTS) is 1. The van der Waals surface area contributed by atoms with E-state index in [2.05, 4.69) is 10.5 Å². The van der Waals surface area contributed by atoms with Gasteiger partial charge in [0.25, 0.3) is 0 Å². The van der Waals surface area contributed by atoms with Gasteiger partial charge in [-0.1, -0.05) is 19.0 Å². The fourth-order valence-corrected chi connectivity index (χ4v) is 2.66. The molecule has 0 spiro atoms. The number of nitrogens with zero attached hydrogens (tertiary/aromatic N) is 1. The topological polar surface area (TPSA) is 92.4 Å². The van der Waals surface area contributed by atoms with Crippen LogP contribution >= 0.6 is 0 Å². The lowest BCUT2D eigenvalue weighted by Gasteiger charge is -2.26. The molecule has 0 aromatic carbocycles. The number of nitrogens with one attached hydrogen (secondary N) is 1. The molecule has 0 radical (unpaired) electrons. The van der Waals surface area contributed by atoms with Gasteiger partial charge in [0.1, 0.15) is 5.76 Å². The molecule has 0 fully saturated rings. The highest BCUT2D eigenvalue weighted by Crippen LogP contribution is 2.31. The summed E-state index contributed by atoms with van der Waals surface area (Å²) in [5.74, 6) is -0.531. The fraction of sp³-hybridized carbons (Fsp3) is 0.667. The zero-order chi connectivity index (χ0) is 16.2. The molecule has 1 amide bonds. The molecule has 0 bridgehead atoms. The average Bonchev–Trinajstić information content (AvgIpc) is 2.75. The van der Waals surface area contributed by atoms with E-state index in [4.69, 9.17) is 4.52 Å². The molecule has 1 heterocycles. The molecule has 1 unspecified atom stereocenters. The number of hydrogen-bond donors (Lipinski definition) is 2. The number of carbonyl (C=O) groups is 2. The standard InChI is InChI=1S/C15H24N2O4/c1-6-15(7-2,14(19)20)8-12(18)16-9(3)13-10(4)17-21-11(13)5/h9H,6-8H2,1-5H3,(H,16,18)(H,19,20). The van der Waals surface area contributed by atoms with E-state index in [0.29, 0.717) is 18.6 Å². The second kappa shape index (κ2) is 6.74. The molecule has 0 aliphatic heterocycles. The number of aliphatic carboxylic acids is 1. The molecule has 6 nitrogen and oxygen atoms in total. The quantitative estimate of drug-likeness (QED) is 0.807. The summed E-state index contributed by atoms with van der Waals surface area (Å²) in [7, 11) is 0. The predicted molar refractivity (Wildman–Crippen MR) is 77.8 cm³/mol. The molecule has 1 atom stereocenters. The number of aryl methyl sites for hydroxylation is 2. The second-order valence-electron chi connectivity index (χ2n) is 5.50. The Balaban J connectivity index is 2.80. The van der Waals surface area contributed by atoms with Crippen LogP contribution in [0.25, 0.3) is 0 Å². The molecule has 1 aromatic heterocycles. The van der Waals surface area contributed by atoms with Gasteiger partial charge in [0.05, 0.1) is 17.2 Å². The average molecular weight is 296 g/mol. The van der Waals surface area contributed by atoms with Gasteiger partial charge in [-0.3, -0.25) is 9.59 Å². The first-order chi connectivity index (χ1) is 9.77. The minimum atomic E-state index is -0.997. The zero-order valence-corrected chi connectivity index (χ0v) is 13.3. The van der Waals surface area contributed by atoms with Crippen LogP contribution in [-0.4, -0.2) is 22.1 Å². The van der Waals surface area contributed by atoms with E-state index < -0.39 is 11.4 Å². The molecule has 0 saturated carbocycles. The van der Waals surface area contributed by atoms with Gasteiger partial charge in [0.2, 0.25) is 5.91 Å². The summed E-state index contributed by atoms with van der Waals surface area (Å²) >= 11 is 0. The first kappa shape index (κ1) is 17.2. The summed E-state index contributed by atoms with van der Waals surface area (Å²) < 4.78 is 5.08. The second-order valence-corrected chi connectivity index (χ2v) is 5.50. The van der Waals surface area contributed by atoms with E-state index in [0.717, 1.165) is 11.3 Å². The molecular weight excluding hydrogens is 272 g/mol. The number of amides is 1. The summed E-state index contributed by atoms with van der Waals surface area (Å²) in [5, 5.41) is 16.1. The van der Waals surface area contributed by atoms with Crippen molar-refractivity contribution in [3.05, 3.63) is 17.0 Å². The molecule has 0 aliphatic carbocycles. The lowest BCUT2D eigenvalue weighted by molar-refractivity contribution is -0.152. The number of rotatable bonds is 7. The molecule has 0 aliphatic rings. The summed E-state index contributed by atoms with van der Waals surface area (Å²) in [6, 6.07) is -0.260. The lowest BCUT2D eigenvalue weighted by atomic mass is 9.79. The van der Waals surface area contributed by atoms with Gasteiger partial charge < -0.3 is 14.9 Å². The number of carbonyl (C=O) groups excluding carboxylic acids is 1. The van der Waals surface area contributed by atoms with E-state index in [1.807, 2.05) is 13.8 Å². The van der Waals surface area contributed by atoms with Crippen LogP contribution in [0.15, 0.2) is 4.52 Å². The highest BCUT2D eigenvalue weighted by Gasteiger charge is 2.37. The van der Waals surface area contributed by atoms with Crippen LogP contribution in [0.1, 0.15) is 63.1 Å². The highest BCUT2D eigenvalue weighted by molar-refractivity contribution is 5.85. The third-order valence-corrected chi connectivity index (χ3v) is 4.21. The monoisotopic (exact) mass is 296 g/mol. The van der Waals surface area contributed by atoms with Crippen LogP contribution in [-0.2, 0) is 9.59 Å². The number of carboxylic acids is 1. The Morgan fingerprint density at radius 1 is 1.33 bits per heavy atom. The first-order valence-electron chi connectivity index (χ1n) is 7.23. The van der Waals surface area contributed by atoms with Crippen molar-refractivity contribution in [2.24, 2.45) is 5.41 Å². The Morgan fingerprint density at radius 3 is 2.29 bits per heavy atom. The van der Waals surface area contributed by atoms with Crippen LogP contribution < -0.4 is 5.32 Å². The Bertz CT molecular complexity index is 498. The van der Waals surface area contributed by atoms with Crippen LogP contribution in [0.2, 0.25) is 0 Å². The molecule has 1 aromatic rings. The van der Waals surface area contributed by atoms with Crippen molar-refractivity contribution in [2.45, 2.75) is 59.9 Å². The van der Waals surface area contributed by atoms with Gasteiger partial charge in [-0.25, -0.2) is 0 Å². The summed E-state index contributed by atoms with van der Waals surface area (Å²) in [6.45, 7) is 9.03. The Hall–Kier alpha value is -1.85. The van der Waals surface area contributed by atoms with Crippen LogP contribution in [0.4, 0.5) is 0 Å². The maximum absolute atomic E-state index is 12.2. The minimum Gasteiger partial charge on any atom is -0.481 e. The van der Waals surface area contributed by atoms with Gasteiger partial charge in [-0.2, -0.15) is 0 Å². The van der Waals surface area contributed by atoms with E-state index in [9.17, 15) is 14.7 Å². The van der Waals surface area contributed by atoms with Crippen LogP contribution in [0.5, 0.6) is 0 Å². The third-order valence-electron chi connectivity index (χ3n) is 4.21. The van der Waals surface area contributed by atoms with Crippen molar-refractivity contribution < 1.29 is 19.2 Å². The van der Waals surface area contributed by atoms with E-state index in [-0.39, 0.29) is 18.4 Å². The largest absolute Gasteiger partial charge is 0.481 e. The van der Waals surface area contributed by atoms with E-state index >= 15 is 0 Å². The Labute approximate surface area is 124 Å². The molecule has 118 valence electrons.